The third-order valence-corrected chi connectivity index (χ3v) is 4.93. The molecule has 0 atom stereocenters. The van der Waals surface area contributed by atoms with Crippen LogP contribution in [0.4, 0.5) is 4.39 Å². The van der Waals surface area contributed by atoms with Gasteiger partial charge in [-0.25, -0.2) is 13.9 Å². The Hall–Kier alpha value is -1.60. The summed E-state index contributed by atoms with van der Waals surface area (Å²) in [5, 5.41) is 4.28. The van der Waals surface area contributed by atoms with Gasteiger partial charge in [0.05, 0.1) is 6.54 Å². The molecule has 0 bridgehead atoms. The number of aryl methyl sites for hydroxylation is 1. The number of thioether (sulfide) groups is 1. The molecule has 0 N–H and O–H groups in total. The number of hydrogen-bond acceptors (Lipinski definition) is 3. The van der Waals surface area contributed by atoms with E-state index in [9.17, 15) is 9.18 Å². The van der Waals surface area contributed by atoms with Crippen molar-refractivity contribution in [2.45, 2.75) is 12.3 Å². The summed E-state index contributed by atoms with van der Waals surface area (Å²) in [6.07, 6.45) is 1.71. The van der Waals surface area contributed by atoms with E-state index in [4.69, 9.17) is 0 Å². The highest BCUT2D eigenvalue weighted by atomic mass is 79.9. The summed E-state index contributed by atoms with van der Waals surface area (Å²) < 4.78 is 16.8. The van der Waals surface area contributed by atoms with Crippen molar-refractivity contribution in [1.82, 2.24) is 14.2 Å². The number of fused-ring (bicyclic) bond motifs is 1. The zero-order valence-corrected chi connectivity index (χ0v) is 14.0. The molecule has 0 aliphatic rings. The Kier molecular flexibility index (Phi) is 4.63. The molecule has 7 heteroatoms. The van der Waals surface area contributed by atoms with Crippen LogP contribution in [0.3, 0.4) is 0 Å². The van der Waals surface area contributed by atoms with Crippen LogP contribution in [0.15, 0.2) is 51.9 Å². The predicted molar refractivity (Wildman–Crippen MR) is 89.7 cm³/mol. The fraction of sp³-hybridized carbons (Fsp3) is 0.200. The fourth-order valence-corrected chi connectivity index (χ4v) is 3.68. The maximum absolute atomic E-state index is 13.0. The van der Waals surface area contributed by atoms with Crippen molar-refractivity contribution in [1.29, 1.82) is 0 Å². The van der Waals surface area contributed by atoms with Gasteiger partial charge in [-0.05, 0) is 29.8 Å². The number of aromatic nitrogens is 3. The smallest absolute Gasteiger partial charge is 0.250 e. The van der Waals surface area contributed by atoms with Gasteiger partial charge in [-0.2, -0.15) is 11.8 Å². The minimum atomic E-state index is -0.253. The number of pyridine rings is 1. The molecule has 0 radical (unpaired) electrons. The SMILES string of the molecule is O=c1n(CCSCc2ccc(F)cc2Br)nc2ccccn12. The highest BCUT2D eigenvalue weighted by Gasteiger charge is 2.06. The molecule has 2 aromatic heterocycles. The first-order valence-corrected chi connectivity index (χ1v) is 8.66. The van der Waals surface area contributed by atoms with Gasteiger partial charge in [0.1, 0.15) is 5.82 Å². The highest BCUT2D eigenvalue weighted by Crippen LogP contribution is 2.22. The second-order valence-corrected chi connectivity index (χ2v) is 6.68. The summed E-state index contributed by atoms with van der Waals surface area (Å²) in [7, 11) is 0. The summed E-state index contributed by atoms with van der Waals surface area (Å²) in [6.45, 7) is 0.546. The van der Waals surface area contributed by atoms with Crippen molar-refractivity contribution in [2.24, 2.45) is 0 Å². The van der Waals surface area contributed by atoms with Crippen LogP contribution in [-0.4, -0.2) is 19.9 Å². The third-order valence-electron chi connectivity index (χ3n) is 3.21. The normalized spacial score (nSPS) is 11.2. The first kappa shape index (κ1) is 15.3. The van der Waals surface area contributed by atoms with Gasteiger partial charge in [-0.15, -0.1) is 5.10 Å². The van der Waals surface area contributed by atoms with Gasteiger partial charge in [-0.3, -0.25) is 4.40 Å². The first-order chi connectivity index (χ1) is 10.6. The summed E-state index contributed by atoms with van der Waals surface area (Å²) >= 11 is 5.03. The van der Waals surface area contributed by atoms with Crippen molar-refractivity contribution < 1.29 is 4.39 Å². The van der Waals surface area contributed by atoms with E-state index < -0.39 is 0 Å². The maximum Gasteiger partial charge on any atom is 0.350 e. The molecule has 0 fully saturated rings. The molecule has 3 aromatic rings. The minimum absolute atomic E-state index is 0.126. The Labute approximate surface area is 139 Å². The van der Waals surface area contributed by atoms with Crippen LogP contribution in [-0.2, 0) is 12.3 Å². The predicted octanol–water partition coefficient (Wildman–Crippen LogP) is 3.33. The van der Waals surface area contributed by atoms with E-state index in [-0.39, 0.29) is 11.5 Å². The lowest BCUT2D eigenvalue weighted by Gasteiger charge is -2.04. The van der Waals surface area contributed by atoms with E-state index in [0.29, 0.717) is 12.2 Å². The summed E-state index contributed by atoms with van der Waals surface area (Å²) in [5.41, 5.74) is 1.56. The molecule has 1 aromatic carbocycles. The zero-order valence-electron chi connectivity index (χ0n) is 11.6. The monoisotopic (exact) mass is 381 g/mol. The lowest BCUT2D eigenvalue weighted by molar-refractivity contribution is 0.626. The molecule has 0 spiro atoms. The van der Waals surface area contributed by atoms with Gasteiger partial charge in [0, 0.05) is 22.2 Å². The van der Waals surface area contributed by atoms with Crippen molar-refractivity contribution in [2.75, 3.05) is 5.75 Å². The number of hydrogen-bond donors (Lipinski definition) is 0. The van der Waals surface area contributed by atoms with Crippen LogP contribution in [0.5, 0.6) is 0 Å². The molecule has 0 saturated carbocycles. The number of benzene rings is 1. The summed E-state index contributed by atoms with van der Waals surface area (Å²) in [6, 6.07) is 10.1. The Bertz CT molecular complexity index is 861. The quantitative estimate of drug-likeness (QED) is 0.636. The molecular formula is C15H13BrFN3OS. The maximum atomic E-state index is 13.0. The number of halogens is 2. The molecule has 3 rings (SSSR count). The van der Waals surface area contributed by atoms with Crippen LogP contribution in [0.1, 0.15) is 5.56 Å². The summed E-state index contributed by atoms with van der Waals surface area (Å²) in [5.74, 6) is 1.26. The van der Waals surface area contributed by atoms with Crippen LogP contribution in [0.25, 0.3) is 5.65 Å². The van der Waals surface area contributed by atoms with E-state index in [1.807, 2.05) is 6.07 Å². The molecule has 0 saturated heterocycles. The molecule has 22 heavy (non-hydrogen) atoms. The third kappa shape index (κ3) is 3.25. The Balaban J connectivity index is 1.60. The van der Waals surface area contributed by atoms with E-state index >= 15 is 0 Å². The van der Waals surface area contributed by atoms with Crippen molar-refractivity contribution in [3.8, 4) is 0 Å². The molecule has 0 amide bonds. The van der Waals surface area contributed by atoms with Crippen molar-refractivity contribution >= 4 is 33.3 Å². The van der Waals surface area contributed by atoms with E-state index in [1.54, 1.807) is 36.2 Å². The second-order valence-electron chi connectivity index (χ2n) is 4.72. The van der Waals surface area contributed by atoms with E-state index in [0.717, 1.165) is 21.5 Å². The molecular weight excluding hydrogens is 369 g/mol. The van der Waals surface area contributed by atoms with Crippen molar-refractivity contribution in [3.05, 3.63) is 68.9 Å². The molecule has 0 aliphatic heterocycles. The fourth-order valence-electron chi connectivity index (χ4n) is 2.09. The largest absolute Gasteiger partial charge is 0.350 e. The highest BCUT2D eigenvalue weighted by molar-refractivity contribution is 9.10. The summed E-state index contributed by atoms with van der Waals surface area (Å²) in [4.78, 5) is 12.1. The van der Waals surface area contributed by atoms with E-state index in [2.05, 4.69) is 21.0 Å². The second kappa shape index (κ2) is 6.66. The van der Waals surface area contributed by atoms with Gasteiger partial charge in [-0.1, -0.05) is 28.1 Å². The topological polar surface area (TPSA) is 39.3 Å². The Morgan fingerprint density at radius 2 is 2.14 bits per heavy atom. The van der Waals surface area contributed by atoms with Gasteiger partial charge in [0.25, 0.3) is 0 Å². The first-order valence-electron chi connectivity index (χ1n) is 6.71. The number of nitrogens with zero attached hydrogens (tertiary/aromatic N) is 3. The molecule has 0 aliphatic carbocycles. The Morgan fingerprint density at radius 1 is 1.27 bits per heavy atom. The van der Waals surface area contributed by atoms with Gasteiger partial charge >= 0.3 is 5.69 Å². The average Bonchev–Trinajstić information content (AvgIpc) is 2.82. The van der Waals surface area contributed by atoms with E-state index in [1.165, 1.54) is 21.2 Å². The van der Waals surface area contributed by atoms with Crippen LogP contribution in [0, 0.1) is 5.82 Å². The van der Waals surface area contributed by atoms with Gasteiger partial charge in [0.2, 0.25) is 0 Å². The minimum Gasteiger partial charge on any atom is -0.250 e. The Morgan fingerprint density at radius 3 is 2.91 bits per heavy atom. The molecule has 4 nitrogen and oxygen atoms in total. The number of rotatable bonds is 5. The standard InChI is InChI=1S/C15H13BrFN3OS/c16-13-9-12(17)5-4-11(13)10-22-8-7-20-15(21)19-6-2-1-3-14(19)18-20/h1-6,9H,7-8,10H2. The lowest BCUT2D eigenvalue weighted by Crippen LogP contribution is -2.22. The molecule has 0 unspecified atom stereocenters. The lowest BCUT2D eigenvalue weighted by atomic mass is 10.2. The van der Waals surface area contributed by atoms with Crippen LogP contribution >= 0.6 is 27.7 Å². The van der Waals surface area contributed by atoms with Gasteiger partial charge < -0.3 is 0 Å². The van der Waals surface area contributed by atoms with Gasteiger partial charge in [0.15, 0.2) is 5.65 Å². The van der Waals surface area contributed by atoms with Crippen LogP contribution < -0.4 is 5.69 Å². The average molecular weight is 382 g/mol. The van der Waals surface area contributed by atoms with Crippen LogP contribution in [0.2, 0.25) is 0 Å². The van der Waals surface area contributed by atoms with Crippen molar-refractivity contribution in [3.63, 3.8) is 0 Å². The molecule has 114 valence electrons. The molecule has 2 heterocycles. The zero-order chi connectivity index (χ0) is 15.5.